The van der Waals surface area contributed by atoms with Crippen molar-refractivity contribution < 1.29 is 14.6 Å². The number of aliphatic carboxylic acids is 1. The van der Waals surface area contributed by atoms with Crippen molar-refractivity contribution in [3.63, 3.8) is 0 Å². The van der Waals surface area contributed by atoms with Gasteiger partial charge >= 0.3 is 5.97 Å². The maximum atomic E-state index is 12.3. The molecule has 1 saturated carbocycles. The van der Waals surface area contributed by atoms with Gasteiger partial charge in [-0.2, -0.15) is 0 Å². The molecule has 1 aliphatic heterocycles. The van der Waals surface area contributed by atoms with Crippen LogP contribution < -0.4 is 9.64 Å². The smallest absolute Gasteiger partial charge is 0.307 e. The van der Waals surface area contributed by atoms with Gasteiger partial charge in [0.25, 0.3) is 0 Å². The summed E-state index contributed by atoms with van der Waals surface area (Å²) >= 11 is 0. The van der Waals surface area contributed by atoms with E-state index in [-0.39, 0.29) is 5.92 Å². The zero-order valence-electron chi connectivity index (χ0n) is 23.3. The molecule has 0 spiro atoms. The predicted molar refractivity (Wildman–Crippen MR) is 157 cm³/mol. The molecule has 1 unspecified atom stereocenters. The van der Waals surface area contributed by atoms with E-state index in [2.05, 4.69) is 38.7 Å². The van der Waals surface area contributed by atoms with E-state index in [1.807, 2.05) is 43.5 Å². The van der Waals surface area contributed by atoms with Gasteiger partial charge in [0, 0.05) is 43.5 Å². The highest BCUT2D eigenvalue weighted by Crippen LogP contribution is 2.39. The van der Waals surface area contributed by atoms with Crippen LogP contribution in [0.25, 0.3) is 11.0 Å². The first-order valence-corrected chi connectivity index (χ1v) is 14.7. The number of rotatable bonds is 8. The number of hydrogen-bond donors (Lipinski definition) is 1. The number of aryl methyl sites for hydroxylation is 1. The lowest BCUT2D eigenvalue weighted by Crippen LogP contribution is -2.29. The van der Waals surface area contributed by atoms with Crippen molar-refractivity contribution in [1.29, 1.82) is 0 Å². The van der Waals surface area contributed by atoms with Crippen molar-refractivity contribution in [1.82, 2.24) is 14.5 Å². The molecule has 0 amide bonds. The summed E-state index contributed by atoms with van der Waals surface area (Å²) in [5.41, 5.74) is 6.30. The SMILES string of the molecule is Cc1ccc(COc2ccc3nc([C@H]4CCCCC4C(=O)O)n(Cc4cccc(N5CCCCC5)c4)c3c2)nc1. The average Bonchev–Trinajstić information content (AvgIpc) is 3.34. The number of ether oxygens (including phenoxy) is 1. The van der Waals surface area contributed by atoms with Crippen LogP contribution in [0.4, 0.5) is 5.69 Å². The highest BCUT2D eigenvalue weighted by atomic mass is 16.5. The number of piperidine rings is 1. The van der Waals surface area contributed by atoms with Crippen LogP contribution in [-0.4, -0.2) is 38.7 Å². The third kappa shape index (κ3) is 5.69. The summed E-state index contributed by atoms with van der Waals surface area (Å²) in [6, 6.07) is 18.8. The fourth-order valence-corrected chi connectivity index (χ4v) is 6.32. The maximum Gasteiger partial charge on any atom is 0.307 e. The van der Waals surface area contributed by atoms with Crippen LogP contribution in [0.1, 0.15) is 73.5 Å². The Balaban J connectivity index is 1.36. The molecule has 2 atom stereocenters. The van der Waals surface area contributed by atoms with Crippen molar-refractivity contribution in [3.8, 4) is 5.75 Å². The Bertz CT molecular complexity index is 1470. The number of fused-ring (bicyclic) bond motifs is 1. The number of aromatic nitrogens is 3. The molecule has 2 aliphatic rings. The van der Waals surface area contributed by atoms with Gasteiger partial charge < -0.3 is 19.3 Å². The Morgan fingerprint density at radius 1 is 1.00 bits per heavy atom. The first-order chi connectivity index (χ1) is 19.5. The Morgan fingerprint density at radius 2 is 1.85 bits per heavy atom. The highest BCUT2D eigenvalue weighted by Gasteiger charge is 2.35. The molecule has 2 fully saturated rings. The van der Waals surface area contributed by atoms with Crippen molar-refractivity contribution in [2.75, 3.05) is 18.0 Å². The number of imidazole rings is 1. The summed E-state index contributed by atoms with van der Waals surface area (Å²) in [5, 5.41) is 10.1. The number of benzene rings is 2. The van der Waals surface area contributed by atoms with Crippen LogP contribution >= 0.6 is 0 Å². The molecule has 6 rings (SSSR count). The summed E-state index contributed by atoms with van der Waals surface area (Å²) < 4.78 is 8.40. The molecule has 1 N–H and O–H groups in total. The van der Waals surface area contributed by atoms with Crippen LogP contribution in [0, 0.1) is 12.8 Å². The summed E-state index contributed by atoms with van der Waals surface area (Å²) in [6.07, 6.45) is 9.15. The largest absolute Gasteiger partial charge is 0.487 e. The van der Waals surface area contributed by atoms with Crippen molar-refractivity contribution in [2.24, 2.45) is 5.92 Å². The molecule has 1 saturated heterocycles. The van der Waals surface area contributed by atoms with Crippen LogP contribution in [0.5, 0.6) is 5.75 Å². The lowest BCUT2D eigenvalue weighted by molar-refractivity contribution is -0.143. The van der Waals surface area contributed by atoms with Gasteiger partial charge in [0.2, 0.25) is 0 Å². The number of carboxylic acids is 1. The quantitative estimate of drug-likeness (QED) is 0.268. The first-order valence-electron chi connectivity index (χ1n) is 14.7. The second kappa shape index (κ2) is 11.7. The molecule has 3 heterocycles. The molecule has 2 aromatic heterocycles. The Kier molecular flexibility index (Phi) is 7.71. The second-order valence-corrected chi connectivity index (χ2v) is 11.4. The van der Waals surface area contributed by atoms with E-state index in [9.17, 15) is 9.90 Å². The Hall–Kier alpha value is -3.87. The van der Waals surface area contributed by atoms with Gasteiger partial charge in [-0.1, -0.05) is 31.0 Å². The van der Waals surface area contributed by atoms with Crippen molar-refractivity contribution >= 4 is 22.7 Å². The monoisotopic (exact) mass is 538 g/mol. The van der Waals surface area contributed by atoms with E-state index in [0.717, 1.165) is 66.2 Å². The van der Waals surface area contributed by atoms with E-state index >= 15 is 0 Å². The molecule has 1 aliphatic carbocycles. The minimum atomic E-state index is -0.718. The lowest BCUT2D eigenvalue weighted by atomic mass is 9.78. The highest BCUT2D eigenvalue weighted by molar-refractivity contribution is 5.79. The predicted octanol–water partition coefficient (Wildman–Crippen LogP) is 6.72. The third-order valence-corrected chi connectivity index (χ3v) is 8.50. The minimum Gasteiger partial charge on any atom is -0.487 e. The van der Waals surface area contributed by atoms with Crippen LogP contribution in [0.3, 0.4) is 0 Å². The Labute approximate surface area is 235 Å². The van der Waals surface area contributed by atoms with Crippen LogP contribution in [0.2, 0.25) is 0 Å². The van der Waals surface area contributed by atoms with E-state index in [4.69, 9.17) is 9.72 Å². The topological polar surface area (TPSA) is 80.5 Å². The Morgan fingerprint density at radius 3 is 2.65 bits per heavy atom. The van der Waals surface area contributed by atoms with Crippen molar-refractivity contribution in [3.05, 3.63) is 83.4 Å². The normalized spacial score (nSPS) is 19.6. The number of hydrogen-bond acceptors (Lipinski definition) is 5. The van der Waals surface area contributed by atoms with E-state index in [1.54, 1.807) is 0 Å². The fourth-order valence-electron chi connectivity index (χ4n) is 6.32. The lowest BCUT2D eigenvalue weighted by Gasteiger charge is -2.30. The van der Waals surface area contributed by atoms with Gasteiger partial charge in [-0.05, 0) is 80.5 Å². The van der Waals surface area contributed by atoms with Gasteiger partial charge in [0.15, 0.2) is 0 Å². The molecule has 208 valence electrons. The average molecular weight is 539 g/mol. The molecular formula is C33H38N4O3. The zero-order valence-corrected chi connectivity index (χ0v) is 23.3. The molecule has 2 aromatic carbocycles. The molecule has 7 nitrogen and oxygen atoms in total. The van der Waals surface area contributed by atoms with Crippen LogP contribution in [0.15, 0.2) is 60.8 Å². The number of pyridine rings is 1. The number of nitrogens with zero attached hydrogens (tertiary/aromatic N) is 4. The van der Waals surface area contributed by atoms with Gasteiger partial charge in [-0.15, -0.1) is 0 Å². The maximum absolute atomic E-state index is 12.3. The van der Waals surface area contributed by atoms with Crippen molar-refractivity contribution in [2.45, 2.75) is 70.9 Å². The molecule has 40 heavy (non-hydrogen) atoms. The summed E-state index contributed by atoms with van der Waals surface area (Å²) in [4.78, 5) is 24.3. The number of carboxylic acid groups (broad SMARTS) is 1. The van der Waals surface area contributed by atoms with Gasteiger partial charge in [0.1, 0.15) is 18.2 Å². The van der Waals surface area contributed by atoms with E-state index in [1.165, 1.54) is 30.5 Å². The van der Waals surface area contributed by atoms with E-state index in [0.29, 0.717) is 19.6 Å². The minimum absolute atomic E-state index is 0.106. The second-order valence-electron chi connectivity index (χ2n) is 11.4. The third-order valence-electron chi connectivity index (χ3n) is 8.50. The standard InChI is InChI=1S/C33H38N4O3/c1-23-12-13-25(34-20-23)22-40-27-14-15-30-31(19-27)37(32(35-30)28-10-3-4-11-29(28)33(38)39)21-24-8-7-9-26(18-24)36-16-5-2-6-17-36/h7-9,12-15,18-20,28-29H,2-6,10-11,16-17,21-22H2,1H3,(H,38,39)/t28-,29?/m0/s1. The summed E-state index contributed by atoms with van der Waals surface area (Å²) in [6.45, 7) is 5.24. The van der Waals surface area contributed by atoms with Gasteiger partial charge in [-0.3, -0.25) is 9.78 Å². The molecular weight excluding hydrogens is 500 g/mol. The van der Waals surface area contributed by atoms with E-state index < -0.39 is 11.9 Å². The molecule has 4 aromatic rings. The zero-order chi connectivity index (χ0) is 27.5. The summed E-state index contributed by atoms with van der Waals surface area (Å²) in [5.74, 6) is 0.397. The molecule has 0 radical (unpaired) electrons. The van der Waals surface area contributed by atoms with Gasteiger partial charge in [0.05, 0.1) is 22.6 Å². The molecule has 0 bridgehead atoms. The number of carbonyl (C=O) groups is 1. The van der Waals surface area contributed by atoms with Crippen LogP contribution in [-0.2, 0) is 17.9 Å². The number of anilines is 1. The summed E-state index contributed by atoms with van der Waals surface area (Å²) in [7, 11) is 0. The molecule has 7 heteroatoms. The fraction of sp³-hybridized carbons (Fsp3) is 0.424. The van der Waals surface area contributed by atoms with Gasteiger partial charge in [-0.25, -0.2) is 4.98 Å². The first kappa shape index (κ1) is 26.4.